The van der Waals surface area contributed by atoms with E-state index >= 15 is 0 Å². The SMILES string of the molecule is Cc1cccc(CSCc2ccc(CN)cc2Cl)c1. The molecular formula is C16H18ClNS. The fourth-order valence-electron chi connectivity index (χ4n) is 1.92. The van der Waals surface area contributed by atoms with E-state index in [2.05, 4.69) is 43.3 Å². The Labute approximate surface area is 124 Å². The lowest BCUT2D eigenvalue weighted by atomic mass is 10.1. The number of nitrogens with two attached hydrogens (primary N) is 1. The summed E-state index contributed by atoms with van der Waals surface area (Å²) in [6.07, 6.45) is 0. The molecule has 0 unspecified atom stereocenters. The van der Waals surface area contributed by atoms with Gasteiger partial charge in [-0.15, -0.1) is 0 Å². The maximum absolute atomic E-state index is 6.25. The molecule has 0 fully saturated rings. The van der Waals surface area contributed by atoms with Gasteiger partial charge in [0.2, 0.25) is 0 Å². The van der Waals surface area contributed by atoms with E-state index in [1.165, 1.54) is 16.7 Å². The zero-order valence-electron chi connectivity index (χ0n) is 11.0. The van der Waals surface area contributed by atoms with Gasteiger partial charge >= 0.3 is 0 Å². The van der Waals surface area contributed by atoms with Gasteiger partial charge in [0.05, 0.1) is 0 Å². The van der Waals surface area contributed by atoms with Crippen molar-refractivity contribution in [2.75, 3.05) is 0 Å². The number of halogens is 1. The Morgan fingerprint density at radius 1 is 1.05 bits per heavy atom. The van der Waals surface area contributed by atoms with E-state index in [4.69, 9.17) is 17.3 Å². The summed E-state index contributed by atoms with van der Waals surface area (Å²) in [7, 11) is 0. The van der Waals surface area contributed by atoms with Crippen LogP contribution in [0.4, 0.5) is 0 Å². The number of hydrogen-bond acceptors (Lipinski definition) is 2. The molecule has 0 spiro atoms. The average Bonchev–Trinajstić information content (AvgIpc) is 2.40. The molecule has 0 aliphatic rings. The summed E-state index contributed by atoms with van der Waals surface area (Å²) in [6.45, 7) is 2.66. The third-order valence-corrected chi connectivity index (χ3v) is 4.37. The van der Waals surface area contributed by atoms with Crippen LogP contribution in [0.3, 0.4) is 0 Å². The second kappa shape index (κ2) is 6.99. The van der Waals surface area contributed by atoms with Crippen molar-refractivity contribution in [3.63, 3.8) is 0 Å². The van der Waals surface area contributed by atoms with E-state index < -0.39 is 0 Å². The lowest BCUT2D eigenvalue weighted by Gasteiger charge is -2.07. The standard InChI is InChI=1S/C16H18ClNS/c1-12-3-2-4-14(7-12)10-19-11-15-6-5-13(9-18)8-16(15)17/h2-8H,9-11,18H2,1H3. The summed E-state index contributed by atoms with van der Waals surface area (Å²) >= 11 is 8.13. The van der Waals surface area contributed by atoms with E-state index in [1.54, 1.807) is 0 Å². The molecule has 0 aliphatic carbocycles. The fourth-order valence-corrected chi connectivity index (χ4v) is 3.25. The fraction of sp³-hybridized carbons (Fsp3) is 0.250. The van der Waals surface area contributed by atoms with E-state index in [1.807, 2.05) is 17.8 Å². The highest BCUT2D eigenvalue weighted by molar-refractivity contribution is 7.97. The molecule has 0 saturated heterocycles. The topological polar surface area (TPSA) is 26.0 Å². The van der Waals surface area contributed by atoms with Crippen molar-refractivity contribution < 1.29 is 0 Å². The zero-order valence-corrected chi connectivity index (χ0v) is 12.6. The first-order valence-electron chi connectivity index (χ1n) is 6.29. The first-order chi connectivity index (χ1) is 9.19. The van der Waals surface area contributed by atoms with Crippen molar-refractivity contribution in [1.29, 1.82) is 0 Å². The lowest BCUT2D eigenvalue weighted by molar-refractivity contribution is 1.07. The predicted octanol–water partition coefficient (Wildman–Crippen LogP) is 4.54. The lowest BCUT2D eigenvalue weighted by Crippen LogP contribution is -1.96. The number of rotatable bonds is 5. The molecular weight excluding hydrogens is 274 g/mol. The molecule has 2 aromatic carbocycles. The molecule has 0 aromatic heterocycles. The average molecular weight is 292 g/mol. The summed E-state index contributed by atoms with van der Waals surface area (Å²) in [5.41, 5.74) is 10.5. The molecule has 0 bridgehead atoms. The zero-order chi connectivity index (χ0) is 13.7. The van der Waals surface area contributed by atoms with Gasteiger partial charge in [-0.25, -0.2) is 0 Å². The van der Waals surface area contributed by atoms with Gasteiger partial charge in [0.25, 0.3) is 0 Å². The van der Waals surface area contributed by atoms with Gasteiger partial charge in [-0.1, -0.05) is 53.6 Å². The van der Waals surface area contributed by atoms with Gasteiger partial charge in [-0.3, -0.25) is 0 Å². The van der Waals surface area contributed by atoms with Gasteiger partial charge in [-0.05, 0) is 29.7 Å². The van der Waals surface area contributed by atoms with Gasteiger partial charge in [0, 0.05) is 23.1 Å². The van der Waals surface area contributed by atoms with Crippen LogP contribution in [0.25, 0.3) is 0 Å². The molecule has 1 nitrogen and oxygen atoms in total. The van der Waals surface area contributed by atoms with Crippen LogP contribution in [-0.2, 0) is 18.1 Å². The molecule has 0 aliphatic heterocycles. The molecule has 2 aromatic rings. The highest BCUT2D eigenvalue weighted by Crippen LogP contribution is 2.24. The van der Waals surface area contributed by atoms with Gasteiger partial charge in [0.15, 0.2) is 0 Å². The Balaban J connectivity index is 1.92. The first-order valence-corrected chi connectivity index (χ1v) is 7.83. The van der Waals surface area contributed by atoms with Crippen molar-refractivity contribution in [3.8, 4) is 0 Å². The minimum atomic E-state index is 0.538. The van der Waals surface area contributed by atoms with Gasteiger partial charge < -0.3 is 5.73 Å². The van der Waals surface area contributed by atoms with Crippen LogP contribution in [0.5, 0.6) is 0 Å². The second-order valence-corrected chi connectivity index (χ2v) is 6.00. The molecule has 100 valence electrons. The van der Waals surface area contributed by atoms with Gasteiger partial charge in [0.1, 0.15) is 0 Å². The minimum absolute atomic E-state index is 0.538. The van der Waals surface area contributed by atoms with Crippen molar-refractivity contribution >= 4 is 23.4 Å². The smallest absolute Gasteiger partial charge is 0.0449 e. The Hall–Kier alpha value is -0.960. The molecule has 3 heteroatoms. The van der Waals surface area contributed by atoms with Crippen LogP contribution >= 0.6 is 23.4 Å². The summed E-state index contributed by atoms with van der Waals surface area (Å²) in [4.78, 5) is 0. The van der Waals surface area contributed by atoms with Gasteiger partial charge in [-0.2, -0.15) is 11.8 Å². The quantitative estimate of drug-likeness (QED) is 0.875. The Morgan fingerprint density at radius 2 is 1.89 bits per heavy atom. The van der Waals surface area contributed by atoms with E-state index in [0.717, 1.165) is 22.1 Å². The molecule has 0 amide bonds. The maximum atomic E-state index is 6.25. The highest BCUT2D eigenvalue weighted by Gasteiger charge is 2.02. The monoisotopic (exact) mass is 291 g/mol. The van der Waals surface area contributed by atoms with E-state index in [-0.39, 0.29) is 0 Å². The third-order valence-electron chi connectivity index (χ3n) is 2.96. The Kier molecular flexibility index (Phi) is 5.32. The number of thioether (sulfide) groups is 1. The maximum Gasteiger partial charge on any atom is 0.0449 e. The van der Waals surface area contributed by atoms with Crippen LogP contribution in [0.15, 0.2) is 42.5 Å². The normalized spacial score (nSPS) is 10.7. The molecule has 0 heterocycles. The van der Waals surface area contributed by atoms with Crippen LogP contribution < -0.4 is 5.73 Å². The largest absolute Gasteiger partial charge is 0.326 e. The molecule has 2 N–H and O–H groups in total. The van der Waals surface area contributed by atoms with E-state index in [9.17, 15) is 0 Å². The second-order valence-electron chi connectivity index (χ2n) is 4.61. The Morgan fingerprint density at radius 3 is 2.58 bits per heavy atom. The molecule has 0 atom stereocenters. The molecule has 19 heavy (non-hydrogen) atoms. The van der Waals surface area contributed by atoms with Crippen molar-refractivity contribution in [2.24, 2.45) is 5.73 Å². The van der Waals surface area contributed by atoms with Crippen molar-refractivity contribution in [2.45, 2.75) is 25.0 Å². The number of benzene rings is 2. The molecule has 2 rings (SSSR count). The van der Waals surface area contributed by atoms with Crippen LogP contribution in [0, 0.1) is 6.92 Å². The van der Waals surface area contributed by atoms with Crippen molar-refractivity contribution in [3.05, 3.63) is 69.7 Å². The highest BCUT2D eigenvalue weighted by atomic mass is 35.5. The van der Waals surface area contributed by atoms with Crippen molar-refractivity contribution in [1.82, 2.24) is 0 Å². The Bertz CT molecular complexity index is 554. The summed E-state index contributed by atoms with van der Waals surface area (Å²) in [6, 6.07) is 14.7. The number of hydrogen-bond donors (Lipinski definition) is 1. The first kappa shape index (κ1) is 14.4. The third kappa shape index (κ3) is 4.27. The number of aryl methyl sites for hydroxylation is 1. The minimum Gasteiger partial charge on any atom is -0.326 e. The van der Waals surface area contributed by atoms with E-state index in [0.29, 0.717) is 6.54 Å². The van der Waals surface area contributed by atoms with Crippen LogP contribution in [0.2, 0.25) is 5.02 Å². The summed E-state index contributed by atoms with van der Waals surface area (Å²) in [5.74, 6) is 1.94. The summed E-state index contributed by atoms with van der Waals surface area (Å²) in [5, 5.41) is 0.819. The molecule has 0 saturated carbocycles. The molecule has 0 radical (unpaired) electrons. The predicted molar refractivity (Wildman–Crippen MR) is 85.5 cm³/mol. The van der Waals surface area contributed by atoms with Crippen LogP contribution in [0.1, 0.15) is 22.3 Å². The summed E-state index contributed by atoms with van der Waals surface area (Å²) < 4.78 is 0. The van der Waals surface area contributed by atoms with Crippen LogP contribution in [-0.4, -0.2) is 0 Å².